The molecule has 0 radical (unpaired) electrons. The van der Waals surface area contributed by atoms with Crippen molar-refractivity contribution in [3.05, 3.63) is 24.2 Å². The normalized spacial score (nSPS) is 20.7. The van der Waals surface area contributed by atoms with E-state index < -0.39 is 0 Å². The summed E-state index contributed by atoms with van der Waals surface area (Å²) in [6, 6.07) is 4.43. The SMILES string of the molecule is COc1ccn2nc(C3CCCN(C(C)C)C3)nc2c1. The Balaban J connectivity index is 1.86. The number of fused-ring (bicyclic) bond motifs is 1. The zero-order valence-corrected chi connectivity index (χ0v) is 12.4. The van der Waals surface area contributed by atoms with Gasteiger partial charge in [-0.1, -0.05) is 0 Å². The minimum absolute atomic E-state index is 0.442. The zero-order chi connectivity index (χ0) is 14.1. The Bertz CT molecular complexity index is 593. The molecule has 0 aliphatic carbocycles. The van der Waals surface area contributed by atoms with Crippen LogP contribution in [0.1, 0.15) is 38.4 Å². The maximum Gasteiger partial charge on any atom is 0.159 e. The first-order chi connectivity index (χ1) is 9.67. The number of likely N-dealkylation sites (tertiary alicyclic amines) is 1. The van der Waals surface area contributed by atoms with Crippen molar-refractivity contribution in [2.75, 3.05) is 20.2 Å². The van der Waals surface area contributed by atoms with Crippen molar-refractivity contribution < 1.29 is 4.74 Å². The van der Waals surface area contributed by atoms with Crippen molar-refractivity contribution in [2.24, 2.45) is 0 Å². The molecule has 0 amide bonds. The van der Waals surface area contributed by atoms with Crippen LogP contribution in [0.3, 0.4) is 0 Å². The second-order valence-electron chi connectivity index (χ2n) is 5.77. The van der Waals surface area contributed by atoms with E-state index in [1.165, 1.54) is 19.4 Å². The number of rotatable bonds is 3. The van der Waals surface area contributed by atoms with Gasteiger partial charge in [0.15, 0.2) is 11.5 Å². The van der Waals surface area contributed by atoms with Crippen LogP contribution in [0, 0.1) is 0 Å². The Labute approximate surface area is 119 Å². The molecule has 5 nitrogen and oxygen atoms in total. The van der Waals surface area contributed by atoms with Gasteiger partial charge in [-0.2, -0.15) is 5.10 Å². The standard InChI is InChI=1S/C15H22N4O/c1-11(2)18-7-4-5-12(10-18)15-16-14-9-13(20-3)6-8-19(14)17-15/h6,8-9,11-12H,4-5,7,10H2,1-3H3. The van der Waals surface area contributed by atoms with Crippen LogP contribution in [0.5, 0.6) is 5.75 Å². The van der Waals surface area contributed by atoms with Gasteiger partial charge in [-0.05, 0) is 39.3 Å². The quantitative estimate of drug-likeness (QED) is 0.861. The number of hydrogen-bond acceptors (Lipinski definition) is 4. The van der Waals surface area contributed by atoms with Gasteiger partial charge in [-0.3, -0.25) is 0 Å². The molecule has 2 aromatic heterocycles. The summed E-state index contributed by atoms with van der Waals surface area (Å²) in [5.74, 6) is 2.23. The van der Waals surface area contributed by atoms with E-state index in [2.05, 4.69) is 28.8 Å². The van der Waals surface area contributed by atoms with Gasteiger partial charge in [0, 0.05) is 30.8 Å². The molecule has 3 heterocycles. The first kappa shape index (κ1) is 13.4. The number of nitrogens with zero attached hydrogens (tertiary/aromatic N) is 4. The largest absolute Gasteiger partial charge is 0.497 e. The van der Waals surface area contributed by atoms with Gasteiger partial charge >= 0.3 is 0 Å². The Morgan fingerprint density at radius 1 is 1.40 bits per heavy atom. The van der Waals surface area contributed by atoms with Crippen LogP contribution < -0.4 is 4.74 Å². The van der Waals surface area contributed by atoms with E-state index in [-0.39, 0.29) is 0 Å². The molecule has 1 aliphatic rings. The third-order valence-corrected chi connectivity index (χ3v) is 4.11. The van der Waals surface area contributed by atoms with E-state index in [1.54, 1.807) is 7.11 Å². The molecule has 20 heavy (non-hydrogen) atoms. The molecule has 1 fully saturated rings. The molecule has 0 N–H and O–H groups in total. The summed E-state index contributed by atoms with van der Waals surface area (Å²) in [7, 11) is 1.67. The Kier molecular flexibility index (Phi) is 3.61. The summed E-state index contributed by atoms with van der Waals surface area (Å²) in [4.78, 5) is 7.20. The number of hydrogen-bond donors (Lipinski definition) is 0. The van der Waals surface area contributed by atoms with Crippen LogP contribution in [0.4, 0.5) is 0 Å². The molecule has 1 unspecified atom stereocenters. The summed E-state index contributed by atoms with van der Waals surface area (Å²) in [5.41, 5.74) is 0.862. The predicted octanol–water partition coefficient (Wildman–Crippen LogP) is 2.33. The molecule has 2 aromatic rings. The fourth-order valence-electron chi connectivity index (χ4n) is 2.87. The molecule has 1 saturated heterocycles. The highest BCUT2D eigenvalue weighted by molar-refractivity contribution is 5.43. The van der Waals surface area contributed by atoms with Crippen LogP contribution in [0.2, 0.25) is 0 Å². The maximum atomic E-state index is 5.24. The van der Waals surface area contributed by atoms with E-state index in [9.17, 15) is 0 Å². The lowest BCUT2D eigenvalue weighted by molar-refractivity contribution is 0.165. The van der Waals surface area contributed by atoms with Gasteiger partial charge in [-0.15, -0.1) is 0 Å². The van der Waals surface area contributed by atoms with Gasteiger partial charge in [0.2, 0.25) is 0 Å². The summed E-state index contributed by atoms with van der Waals surface area (Å²) in [6.07, 6.45) is 4.31. The number of methoxy groups -OCH3 is 1. The summed E-state index contributed by atoms with van der Waals surface area (Å²) in [5, 5.41) is 4.63. The lowest BCUT2D eigenvalue weighted by Crippen LogP contribution is -2.39. The minimum atomic E-state index is 0.442. The van der Waals surface area contributed by atoms with Gasteiger partial charge in [0.25, 0.3) is 0 Å². The van der Waals surface area contributed by atoms with E-state index in [1.807, 2.05) is 22.8 Å². The molecular weight excluding hydrogens is 252 g/mol. The molecule has 1 aliphatic heterocycles. The second kappa shape index (κ2) is 5.40. The summed E-state index contributed by atoms with van der Waals surface area (Å²) < 4.78 is 7.08. The van der Waals surface area contributed by atoms with Crippen LogP contribution in [0.25, 0.3) is 5.65 Å². The molecule has 0 saturated carbocycles. The smallest absolute Gasteiger partial charge is 0.159 e. The van der Waals surface area contributed by atoms with Crippen molar-refractivity contribution in [2.45, 2.75) is 38.6 Å². The molecule has 3 rings (SSSR count). The lowest BCUT2D eigenvalue weighted by Gasteiger charge is -2.34. The van der Waals surface area contributed by atoms with Crippen molar-refractivity contribution in [1.82, 2.24) is 19.5 Å². The van der Waals surface area contributed by atoms with E-state index in [0.717, 1.165) is 23.8 Å². The van der Waals surface area contributed by atoms with Crippen molar-refractivity contribution in [1.29, 1.82) is 0 Å². The fourth-order valence-corrected chi connectivity index (χ4v) is 2.87. The Hall–Kier alpha value is -1.62. The zero-order valence-electron chi connectivity index (χ0n) is 12.4. The topological polar surface area (TPSA) is 42.7 Å². The number of aromatic nitrogens is 3. The number of pyridine rings is 1. The predicted molar refractivity (Wildman–Crippen MR) is 78.2 cm³/mol. The van der Waals surface area contributed by atoms with Crippen LogP contribution >= 0.6 is 0 Å². The molecule has 1 atom stereocenters. The van der Waals surface area contributed by atoms with Crippen LogP contribution in [-0.4, -0.2) is 45.7 Å². The highest BCUT2D eigenvalue weighted by atomic mass is 16.5. The van der Waals surface area contributed by atoms with Crippen molar-refractivity contribution >= 4 is 5.65 Å². The average molecular weight is 274 g/mol. The second-order valence-corrected chi connectivity index (χ2v) is 5.77. The van der Waals surface area contributed by atoms with Crippen molar-refractivity contribution in [3.8, 4) is 5.75 Å². The van der Waals surface area contributed by atoms with Crippen LogP contribution in [0.15, 0.2) is 18.3 Å². The molecule has 0 aromatic carbocycles. The molecule has 0 bridgehead atoms. The first-order valence-electron chi connectivity index (χ1n) is 7.31. The summed E-state index contributed by atoms with van der Waals surface area (Å²) >= 11 is 0. The van der Waals surface area contributed by atoms with E-state index in [4.69, 9.17) is 4.74 Å². The van der Waals surface area contributed by atoms with Gasteiger partial charge in [-0.25, -0.2) is 9.50 Å². The fraction of sp³-hybridized carbons (Fsp3) is 0.600. The Morgan fingerprint density at radius 3 is 3.00 bits per heavy atom. The van der Waals surface area contributed by atoms with Crippen LogP contribution in [-0.2, 0) is 0 Å². The average Bonchev–Trinajstić information content (AvgIpc) is 2.90. The highest BCUT2D eigenvalue weighted by Gasteiger charge is 2.25. The van der Waals surface area contributed by atoms with Gasteiger partial charge in [0.05, 0.1) is 7.11 Å². The van der Waals surface area contributed by atoms with Crippen molar-refractivity contribution in [3.63, 3.8) is 0 Å². The lowest BCUT2D eigenvalue weighted by atomic mass is 9.96. The molecule has 108 valence electrons. The minimum Gasteiger partial charge on any atom is -0.497 e. The third kappa shape index (κ3) is 2.50. The summed E-state index contributed by atoms with van der Waals surface area (Å²) in [6.45, 7) is 6.76. The third-order valence-electron chi connectivity index (χ3n) is 4.11. The highest BCUT2D eigenvalue weighted by Crippen LogP contribution is 2.26. The number of piperidine rings is 1. The maximum absolute atomic E-state index is 5.24. The Morgan fingerprint density at radius 2 is 2.25 bits per heavy atom. The van der Waals surface area contributed by atoms with E-state index in [0.29, 0.717) is 12.0 Å². The first-order valence-corrected chi connectivity index (χ1v) is 7.31. The molecular formula is C15H22N4O. The molecule has 5 heteroatoms. The van der Waals surface area contributed by atoms with Gasteiger partial charge in [0.1, 0.15) is 5.75 Å². The van der Waals surface area contributed by atoms with Gasteiger partial charge < -0.3 is 9.64 Å². The number of ether oxygens (including phenoxy) is 1. The van der Waals surface area contributed by atoms with E-state index >= 15 is 0 Å². The molecule has 0 spiro atoms. The monoisotopic (exact) mass is 274 g/mol.